The van der Waals surface area contributed by atoms with Gasteiger partial charge in [0, 0.05) is 5.56 Å². The molecular weight excluding hydrogens is 400 g/mol. The van der Waals surface area contributed by atoms with E-state index in [2.05, 4.69) is 20.8 Å². The van der Waals surface area contributed by atoms with Crippen molar-refractivity contribution in [2.24, 2.45) is 15.3 Å². The number of phenolic OH excluding ortho intramolecular Hbond substituents is 1. The minimum absolute atomic E-state index is 0.00602. The minimum Gasteiger partial charge on any atom is -0.507 e. The maximum Gasteiger partial charge on any atom is 0.272 e. The summed E-state index contributed by atoms with van der Waals surface area (Å²) >= 11 is 6.09. The molecule has 0 saturated carbocycles. The molecule has 3 aromatic rings. The third-order valence-corrected chi connectivity index (χ3v) is 4.83. The number of carbonyl (C=O) groups excluding carboxylic acids is 1. The Labute approximate surface area is 179 Å². The van der Waals surface area contributed by atoms with Crippen LogP contribution in [-0.4, -0.2) is 17.2 Å². The highest BCUT2D eigenvalue weighted by molar-refractivity contribution is 6.33. The molecule has 3 rings (SSSR count). The molecule has 0 saturated heterocycles. The average Bonchev–Trinajstić information content (AvgIpc) is 2.70. The second kappa shape index (κ2) is 9.33. The van der Waals surface area contributed by atoms with E-state index in [1.807, 2.05) is 39.0 Å². The molecule has 6 nitrogen and oxygen atoms in total. The van der Waals surface area contributed by atoms with Crippen LogP contribution >= 0.6 is 11.6 Å². The molecule has 0 spiro atoms. The molecule has 0 atom stereocenters. The van der Waals surface area contributed by atoms with Crippen LogP contribution in [0.2, 0.25) is 5.02 Å². The molecule has 0 aliphatic rings. The van der Waals surface area contributed by atoms with Gasteiger partial charge in [-0.3, -0.25) is 4.79 Å². The molecular formula is C23H21ClN4O2. The SMILES string of the molecule is Cc1ccc(C(=O)N/N=C\c2cc(N=Nc3ccc(C)c(C)c3)ccc2O)c(Cl)c1. The van der Waals surface area contributed by atoms with Gasteiger partial charge in [0.1, 0.15) is 5.75 Å². The van der Waals surface area contributed by atoms with Crippen molar-refractivity contribution in [3.8, 4) is 5.75 Å². The third-order valence-electron chi connectivity index (χ3n) is 4.52. The Morgan fingerprint density at radius 2 is 1.63 bits per heavy atom. The summed E-state index contributed by atoms with van der Waals surface area (Å²) in [6, 6.07) is 15.7. The second-order valence-electron chi connectivity index (χ2n) is 6.89. The van der Waals surface area contributed by atoms with Crippen molar-refractivity contribution >= 4 is 35.1 Å². The highest BCUT2D eigenvalue weighted by Gasteiger charge is 2.09. The van der Waals surface area contributed by atoms with Gasteiger partial charge in [-0.25, -0.2) is 5.43 Å². The first-order valence-corrected chi connectivity index (χ1v) is 9.63. The van der Waals surface area contributed by atoms with E-state index in [9.17, 15) is 9.90 Å². The number of benzene rings is 3. The van der Waals surface area contributed by atoms with E-state index in [4.69, 9.17) is 11.6 Å². The lowest BCUT2D eigenvalue weighted by Gasteiger charge is -2.04. The number of aryl methyl sites for hydroxylation is 3. The van der Waals surface area contributed by atoms with Crippen molar-refractivity contribution < 1.29 is 9.90 Å². The number of carbonyl (C=O) groups is 1. The van der Waals surface area contributed by atoms with Crippen molar-refractivity contribution in [3.05, 3.63) is 87.4 Å². The van der Waals surface area contributed by atoms with E-state index in [1.165, 1.54) is 17.8 Å². The average molecular weight is 421 g/mol. The van der Waals surface area contributed by atoms with Crippen LogP contribution in [0, 0.1) is 20.8 Å². The van der Waals surface area contributed by atoms with Gasteiger partial charge < -0.3 is 5.11 Å². The number of phenols is 1. The Bertz CT molecular complexity index is 1160. The van der Waals surface area contributed by atoms with E-state index >= 15 is 0 Å². The predicted octanol–water partition coefficient (Wildman–Crippen LogP) is 6.15. The van der Waals surface area contributed by atoms with Gasteiger partial charge in [-0.1, -0.05) is 23.7 Å². The largest absolute Gasteiger partial charge is 0.507 e. The maximum absolute atomic E-state index is 12.2. The number of aromatic hydroxyl groups is 1. The zero-order valence-electron chi connectivity index (χ0n) is 16.8. The normalized spacial score (nSPS) is 11.3. The standard InChI is InChI=1S/C23H21ClN4O2/c1-14-4-8-20(21(24)10-14)23(30)28-25-13-17-12-19(7-9-22(17)29)27-26-18-6-5-15(2)16(3)11-18/h4-13,29H,1-3H3,(H,28,30)/b25-13-,27-26?. The molecule has 0 bridgehead atoms. The first-order valence-electron chi connectivity index (χ1n) is 9.25. The van der Waals surface area contributed by atoms with Crippen LogP contribution in [0.1, 0.15) is 32.6 Å². The van der Waals surface area contributed by atoms with E-state index in [0.29, 0.717) is 21.8 Å². The van der Waals surface area contributed by atoms with Crippen LogP contribution in [0.25, 0.3) is 0 Å². The summed E-state index contributed by atoms with van der Waals surface area (Å²) in [6.07, 6.45) is 1.34. The molecule has 0 fully saturated rings. The second-order valence-corrected chi connectivity index (χ2v) is 7.30. The van der Waals surface area contributed by atoms with Crippen molar-refractivity contribution in [2.75, 3.05) is 0 Å². The Hall–Kier alpha value is -3.51. The number of halogens is 1. The van der Waals surface area contributed by atoms with Crippen LogP contribution < -0.4 is 5.43 Å². The molecule has 1 amide bonds. The van der Waals surface area contributed by atoms with Crippen molar-refractivity contribution in [1.29, 1.82) is 0 Å². The number of nitrogens with one attached hydrogen (secondary N) is 1. The number of azo groups is 1. The summed E-state index contributed by atoms with van der Waals surface area (Å²) in [5, 5.41) is 22.7. The Kier molecular flexibility index (Phi) is 6.59. The fraction of sp³-hybridized carbons (Fsp3) is 0.130. The predicted molar refractivity (Wildman–Crippen MR) is 119 cm³/mol. The monoisotopic (exact) mass is 420 g/mol. The minimum atomic E-state index is -0.443. The van der Waals surface area contributed by atoms with E-state index in [0.717, 1.165) is 16.8 Å². The Morgan fingerprint density at radius 1 is 0.933 bits per heavy atom. The molecule has 0 aromatic heterocycles. The lowest BCUT2D eigenvalue weighted by molar-refractivity contribution is 0.0955. The Morgan fingerprint density at radius 3 is 2.33 bits per heavy atom. The summed E-state index contributed by atoms with van der Waals surface area (Å²) in [5.41, 5.74) is 7.67. The van der Waals surface area contributed by atoms with Crippen LogP contribution in [0.5, 0.6) is 5.75 Å². The smallest absolute Gasteiger partial charge is 0.272 e. The first kappa shape index (κ1) is 21.2. The third kappa shape index (κ3) is 5.30. The van der Waals surface area contributed by atoms with E-state index in [1.54, 1.807) is 30.3 Å². The topological polar surface area (TPSA) is 86.4 Å². The maximum atomic E-state index is 12.2. The fourth-order valence-corrected chi connectivity index (χ4v) is 2.96. The number of hydrogen-bond donors (Lipinski definition) is 2. The molecule has 0 aliphatic carbocycles. The van der Waals surface area contributed by atoms with Gasteiger partial charge in [-0.2, -0.15) is 15.3 Å². The summed E-state index contributed by atoms with van der Waals surface area (Å²) in [4.78, 5) is 12.2. The molecule has 0 heterocycles. The van der Waals surface area contributed by atoms with Gasteiger partial charge in [0.25, 0.3) is 5.91 Å². The lowest BCUT2D eigenvalue weighted by Crippen LogP contribution is -2.18. The van der Waals surface area contributed by atoms with Crippen LogP contribution in [-0.2, 0) is 0 Å². The van der Waals surface area contributed by atoms with Crippen LogP contribution in [0.15, 0.2) is 69.9 Å². The molecule has 2 N–H and O–H groups in total. The summed E-state index contributed by atoms with van der Waals surface area (Å²) in [6.45, 7) is 5.94. The van der Waals surface area contributed by atoms with Gasteiger partial charge in [-0.15, -0.1) is 0 Å². The Balaban J connectivity index is 1.72. The van der Waals surface area contributed by atoms with Gasteiger partial charge in [0.05, 0.1) is 28.2 Å². The molecule has 3 aromatic carbocycles. The highest BCUT2D eigenvalue weighted by atomic mass is 35.5. The number of rotatable bonds is 5. The fourth-order valence-electron chi connectivity index (χ4n) is 2.64. The molecule has 30 heavy (non-hydrogen) atoms. The molecule has 0 unspecified atom stereocenters. The zero-order chi connectivity index (χ0) is 21.7. The highest BCUT2D eigenvalue weighted by Crippen LogP contribution is 2.25. The quantitative estimate of drug-likeness (QED) is 0.294. The summed E-state index contributed by atoms with van der Waals surface area (Å²) in [5.74, 6) is -0.437. The van der Waals surface area contributed by atoms with Gasteiger partial charge in [-0.05, 0) is 79.9 Å². The van der Waals surface area contributed by atoms with Gasteiger partial charge in [0.15, 0.2) is 0 Å². The first-order chi connectivity index (χ1) is 14.3. The van der Waals surface area contributed by atoms with E-state index < -0.39 is 5.91 Å². The van der Waals surface area contributed by atoms with Crippen molar-refractivity contribution in [2.45, 2.75) is 20.8 Å². The number of hydrogen-bond acceptors (Lipinski definition) is 5. The number of amides is 1. The van der Waals surface area contributed by atoms with Gasteiger partial charge in [0.2, 0.25) is 0 Å². The molecule has 0 radical (unpaired) electrons. The number of hydrazone groups is 1. The zero-order valence-corrected chi connectivity index (χ0v) is 17.6. The van der Waals surface area contributed by atoms with Crippen molar-refractivity contribution in [1.82, 2.24) is 5.43 Å². The lowest BCUT2D eigenvalue weighted by atomic mass is 10.1. The summed E-state index contributed by atoms with van der Waals surface area (Å²) in [7, 11) is 0. The number of nitrogens with zero attached hydrogens (tertiary/aromatic N) is 3. The van der Waals surface area contributed by atoms with Gasteiger partial charge >= 0.3 is 0 Å². The van der Waals surface area contributed by atoms with Crippen molar-refractivity contribution in [3.63, 3.8) is 0 Å². The molecule has 0 aliphatic heterocycles. The molecule has 152 valence electrons. The van der Waals surface area contributed by atoms with Crippen LogP contribution in [0.3, 0.4) is 0 Å². The van der Waals surface area contributed by atoms with E-state index in [-0.39, 0.29) is 5.75 Å². The summed E-state index contributed by atoms with van der Waals surface area (Å²) < 4.78 is 0. The van der Waals surface area contributed by atoms with Crippen LogP contribution in [0.4, 0.5) is 11.4 Å². The molecule has 7 heteroatoms.